The van der Waals surface area contributed by atoms with Crippen molar-refractivity contribution in [2.75, 3.05) is 26.2 Å². The van der Waals surface area contributed by atoms with Crippen molar-refractivity contribution in [2.24, 2.45) is 11.8 Å². The van der Waals surface area contributed by atoms with E-state index in [4.69, 9.17) is 0 Å². The number of urea groups is 1. The molecule has 0 bridgehead atoms. The molecule has 1 aliphatic carbocycles. The highest BCUT2D eigenvalue weighted by Gasteiger charge is 2.28. The summed E-state index contributed by atoms with van der Waals surface area (Å²) in [5.74, 6) is 1.53. The Hall–Kier alpha value is -0.770. The molecule has 4 heteroatoms. The number of carbonyl (C=O) groups excluding carboxylic acids is 1. The molecule has 1 saturated heterocycles. The molecule has 0 spiro atoms. The van der Waals surface area contributed by atoms with Gasteiger partial charge in [0.15, 0.2) is 0 Å². The SMILES string of the molecule is CC1CCCN(CCNC(=O)NC(C)C2CC2)C1. The standard InChI is InChI=1S/C14H27N3O/c1-11-4-3-8-17(10-11)9-7-15-14(18)16-12(2)13-5-6-13/h11-13H,3-10H2,1-2H3,(H2,15,16,18). The van der Waals surface area contributed by atoms with E-state index in [2.05, 4.69) is 29.4 Å². The molecule has 18 heavy (non-hydrogen) atoms. The molecule has 2 fully saturated rings. The van der Waals surface area contributed by atoms with Crippen LogP contribution in [0.4, 0.5) is 4.79 Å². The number of hydrogen-bond acceptors (Lipinski definition) is 2. The zero-order valence-corrected chi connectivity index (χ0v) is 11.7. The molecule has 2 atom stereocenters. The lowest BCUT2D eigenvalue weighted by Crippen LogP contribution is -2.45. The number of hydrogen-bond donors (Lipinski definition) is 2. The van der Waals surface area contributed by atoms with E-state index in [1.165, 1.54) is 38.8 Å². The van der Waals surface area contributed by atoms with E-state index in [0.29, 0.717) is 6.04 Å². The molecule has 1 heterocycles. The average molecular weight is 253 g/mol. The van der Waals surface area contributed by atoms with Gasteiger partial charge in [-0.2, -0.15) is 0 Å². The van der Waals surface area contributed by atoms with Gasteiger partial charge < -0.3 is 15.5 Å². The maximum Gasteiger partial charge on any atom is 0.315 e. The fraction of sp³-hybridized carbons (Fsp3) is 0.929. The predicted molar refractivity (Wildman–Crippen MR) is 73.6 cm³/mol. The highest BCUT2D eigenvalue weighted by atomic mass is 16.2. The summed E-state index contributed by atoms with van der Waals surface area (Å²) in [7, 11) is 0. The van der Waals surface area contributed by atoms with E-state index in [0.717, 1.165) is 24.9 Å². The summed E-state index contributed by atoms with van der Waals surface area (Å²) in [6.45, 7) is 8.52. The fourth-order valence-electron chi connectivity index (χ4n) is 2.79. The third-order valence-corrected chi connectivity index (χ3v) is 4.14. The minimum Gasteiger partial charge on any atom is -0.337 e. The first-order valence-electron chi connectivity index (χ1n) is 7.42. The van der Waals surface area contributed by atoms with Crippen molar-refractivity contribution in [3.63, 3.8) is 0 Å². The maximum absolute atomic E-state index is 11.7. The fourth-order valence-corrected chi connectivity index (χ4v) is 2.79. The van der Waals surface area contributed by atoms with Gasteiger partial charge in [0.25, 0.3) is 0 Å². The molecular weight excluding hydrogens is 226 g/mol. The largest absolute Gasteiger partial charge is 0.337 e. The van der Waals surface area contributed by atoms with Crippen LogP contribution < -0.4 is 10.6 Å². The summed E-state index contributed by atoms with van der Waals surface area (Å²) in [5.41, 5.74) is 0. The smallest absolute Gasteiger partial charge is 0.315 e. The van der Waals surface area contributed by atoms with Crippen molar-refractivity contribution in [2.45, 2.75) is 45.6 Å². The highest BCUT2D eigenvalue weighted by molar-refractivity contribution is 5.74. The highest BCUT2D eigenvalue weighted by Crippen LogP contribution is 2.32. The van der Waals surface area contributed by atoms with Gasteiger partial charge in [0, 0.05) is 25.7 Å². The second-order valence-electron chi connectivity index (χ2n) is 6.07. The van der Waals surface area contributed by atoms with Gasteiger partial charge in [-0.1, -0.05) is 6.92 Å². The van der Waals surface area contributed by atoms with E-state index >= 15 is 0 Å². The Morgan fingerprint density at radius 1 is 1.39 bits per heavy atom. The van der Waals surface area contributed by atoms with Crippen LogP contribution in [0, 0.1) is 11.8 Å². The molecule has 2 rings (SSSR count). The third kappa shape index (κ3) is 4.48. The van der Waals surface area contributed by atoms with Crippen LogP contribution in [-0.4, -0.2) is 43.2 Å². The predicted octanol–water partition coefficient (Wildman–Crippen LogP) is 1.82. The van der Waals surface area contributed by atoms with Gasteiger partial charge in [0.05, 0.1) is 0 Å². The van der Waals surface area contributed by atoms with Gasteiger partial charge in [-0.3, -0.25) is 0 Å². The van der Waals surface area contributed by atoms with Crippen LogP contribution >= 0.6 is 0 Å². The summed E-state index contributed by atoms with van der Waals surface area (Å²) in [6.07, 6.45) is 5.19. The van der Waals surface area contributed by atoms with E-state index in [1.54, 1.807) is 0 Å². The second-order valence-corrected chi connectivity index (χ2v) is 6.07. The van der Waals surface area contributed by atoms with Crippen LogP contribution in [0.5, 0.6) is 0 Å². The Morgan fingerprint density at radius 3 is 2.83 bits per heavy atom. The van der Waals surface area contributed by atoms with Gasteiger partial charge in [-0.05, 0) is 51.0 Å². The molecule has 104 valence electrons. The Morgan fingerprint density at radius 2 is 2.17 bits per heavy atom. The van der Waals surface area contributed by atoms with Crippen molar-refractivity contribution in [3.8, 4) is 0 Å². The average Bonchev–Trinajstić information content (AvgIpc) is 3.12. The summed E-state index contributed by atoms with van der Waals surface area (Å²) in [6, 6.07) is 0.333. The Bertz CT molecular complexity index is 278. The quantitative estimate of drug-likeness (QED) is 0.785. The van der Waals surface area contributed by atoms with Crippen LogP contribution in [0.3, 0.4) is 0 Å². The molecule has 2 amide bonds. The normalized spacial score (nSPS) is 26.7. The molecule has 0 aromatic rings. The monoisotopic (exact) mass is 253 g/mol. The van der Waals surface area contributed by atoms with Crippen molar-refractivity contribution in [1.82, 2.24) is 15.5 Å². The number of rotatable bonds is 5. The molecule has 1 saturated carbocycles. The van der Waals surface area contributed by atoms with Crippen molar-refractivity contribution in [1.29, 1.82) is 0 Å². The van der Waals surface area contributed by atoms with Gasteiger partial charge in [0.1, 0.15) is 0 Å². The summed E-state index contributed by atoms with van der Waals surface area (Å²) in [5, 5.41) is 5.99. The lowest BCUT2D eigenvalue weighted by molar-refractivity contribution is 0.183. The van der Waals surface area contributed by atoms with Gasteiger partial charge in [-0.15, -0.1) is 0 Å². The number of piperidine rings is 1. The molecule has 2 N–H and O–H groups in total. The summed E-state index contributed by atoms with van der Waals surface area (Å²) < 4.78 is 0. The van der Waals surface area contributed by atoms with Gasteiger partial charge in [-0.25, -0.2) is 4.79 Å². The van der Waals surface area contributed by atoms with Crippen LogP contribution in [0.25, 0.3) is 0 Å². The summed E-state index contributed by atoms with van der Waals surface area (Å²) >= 11 is 0. The lowest BCUT2D eigenvalue weighted by Gasteiger charge is -2.30. The zero-order valence-electron chi connectivity index (χ0n) is 11.7. The third-order valence-electron chi connectivity index (χ3n) is 4.14. The molecular formula is C14H27N3O. The zero-order chi connectivity index (χ0) is 13.0. The molecule has 4 nitrogen and oxygen atoms in total. The van der Waals surface area contributed by atoms with Crippen LogP contribution in [0.1, 0.15) is 39.5 Å². The molecule has 2 aliphatic rings. The van der Waals surface area contributed by atoms with E-state index in [1.807, 2.05) is 0 Å². The number of nitrogens with one attached hydrogen (secondary N) is 2. The van der Waals surface area contributed by atoms with Crippen LogP contribution in [-0.2, 0) is 0 Å². The van der Waals surface area contributed by atoms with E-state index in [9.17, 15) is 4.79 Å². The Balaban J connectivity index is 1.55. The van der Waals surface area contributed by atoms with E-state index in [-0.39, 0.29) is 6.03 Å². The molecule has 0 radical (unpaired) electrons. The van der Waals surface area contributed by atoms with E-state index < -0.39 is 0 Å². The number of nitrogens with zero attached hydrogens (tertiary/aromatic N) is 1. The molecule has 1 aliphatic heterocycles. The number of amides is 2. The van der Waals surface area contributed by atoms with Crippen molar-refractivity contribution >= 4 is 6.03 Å². The molecule has 2 unspecified atom stereocenters. The van der Waals surface area contributed by atoms with Crippen molar-refractivity contribution in [3.05, 3.63) is 0 Å². The minimum atomic E-state index is -0.000502. The first-order valence-corrected chi connectivity index (χ1v) is 7.42. The first kappa shape index (κ1) is 13.7. The molecule has 0 aromatic carbocycles. The molecule has 0 aromatic heterocycles. The van der Waals surface area contributed by atoms with Crippen LogP contribution in [0.2, 0.25) is 0 Å². The first-order chi connectivity index (χ1) is 8.65. The maximum atomic E-state index is 11.7. The Labute approximate surface area is 110 Å². The number of likely N-dealkylation sites (tertiary alicyclic amines) is 1. The van der Waals surface area contributed by atoms with Gasteiger partial charge >= 0.3 is 6.03 Å². The summed E-state index contributed by atoms with van der Waals surface area (Å²) in [4.78, 5) is 14.1. The topological polar surface area (TPSA) is 44.4 Å². The minimum absolute atomic E-state index is 0.000502. The van der Waals surface area contributed by atoms with Gasteiger partial charge in [0.2, 0.25) is 0 Å². The van der Waals surface area contributed by atoms with Crippen molar-refractivity contribution < 1.29 is 4.79 Å². The Kier molecular flexibility index (Phi) is 4.87. The second kappa shape index (κ2) is 6.41. The van der Waals surface area contributed by atoms with Crippen LogP contribution in [0.15, 0.2) is 0 Å². The lowest BCUT2D eigenvalue weighted by atomic mass is 10.0. The number of carbonyl (C=O) groups is 1.